The first kappa shape index (κ1) is 10.7. The third-order valence-electron chi connectivity index (χ3n) is 2.62. The first-order valence-electron chi connectivity index (χ1n) is 5.47. The molecule has 0 bridgehead atoms. The van der Waals surface area contributed by atoms with Gasteiger partial charge in [0.15, 0.2) is 0 Å². The normalized spacial score (nSPS) is 17.3. The molecule has 15 heavy (non-hydrogen) atoms. The maximum absolute atomic E-state index is 6.03. The van der Waals surface area contributed by atoms with E-state index in [4.69, 9.17) is 10.5 Å². The lowest BCUT2D eigenvalue weighted by molar-refractivity contribution is 0.221. The van der Waals surface area contributed by atoms with Crippen molar-refractivity contribution < 1.29 is 4.74 Å². The maximum Gasteiger partial charge on any atom is 0.109 e. The maximum atomic E-state index is 6.03. The second kappa shape index (κ2) is 5.33. The Balaban J connectivity index is 1.69. The fourth-order valence-electron chi connectivity index (χ4n) is 1.79. The van der Waals surface area contributed by atoms with Crippen molar-refractivity contribution in [1.29, 1.82) is 0 Å². The number of thiophene rings is 1. The van der Waals surface area contributed by atoms with Crippen molar-refractivity contribution in [3.8, 4) is 0 Å². The Hall–Kier alpha value is -0.800. The molecule has 1 aliphatic heterocycles. The number of ether oxygens (including phenoxy) is 1. The molecule has 2 nitrogen and oxygen atoms in total. The monoisotopic (exact) mass is 223 g/mol. The minimum Gasteiger partial charge on any atom is -0.496 e. The predicted molar refractivity (Wildman–Crippen MR) is 63.9 cm³/mol. The summed E-state index contributed by atoms with van der Waals surface area (Å²) in [6.07, 6.45) is 6.44. The van der Waals surface area contributed by atoms with E-state index in [1.54, 1.807) is 0 Å². The molecule has 0 aliphatic carbocycles. The van der Waals surface area contributed by atoms with Gasteiger partial charge in [0.25, 0.3) is 0 Å². The van der Waals surface area contributed by atoms with E-state index in [1.165, 1.54) is 4.88 Å². The van der Waals surface area contributed by atoms with Crippen molar-refractivity contribution >= 4 is 11.3 Å². The van der Waals surface area contributed by atoms with Gasteiger partial charge in [-0.2, -0.15) is 0 Å². The average molecular weight is 223 g/mol. The van der Waals surface area contributed by atoms with Gasteiger partial charge >= 0.3 is 0 Å². The van der Waals surface area contributed by atoms with Crippen LogP contribution >= 0.6 is 11.3 Å². The third-order valence-corrected chi connectivity index (χ3v) is 3.55. The van der Waals surface area contributed by atoms with Gasteiger partial charge in [-0.1, -0.05) is 6.07 Å². The van der Waals surface area contributed by atoms with Crippen LogP contribution in [0.3, 0.4) is 0 Å². The zero-order chi connectivity index (χ0) is 10.5. The molecule has 1 aromatic rings. The molecular weight excluding hydrogens is 206 g/mol. The molecule has 0 saturated carbocycles. The molecule has 2 rings (SSSR count). The number of hydrogen-bond donors (Lipinski definition) is 1. The quantitative estimate of drug-likeness (QED) is 0.833. The van der Waals surface area contributed by atoms with E-state index in [2.05, 4.69) is 23.6 Å². The molecule has 0 fully saturated rings. The molecule has 1 aromatic heterocycles. The summed E-state index contributed by atoms with van der Waals surface area (Å²) < 4.78 is 5.44. The summed E-state index contributed by atoms with van der Waals surface area (Å²) in [4.78, 5) is 1.45. The Morgan fingerprint density at radius 2 is 2.47 bits per heavy atom. The van der Waals surface area contributed by atoms with Crippen LogP contribution in [0.15, 0.2) is 29.3 Å². The standard InChI is InChI=1S/C12H17NOS/c13-11(12-7-2-8-14-12)6-1-4-10-5-3-9-15-10/h3,5,7,9,11H,1-2,4,6,8,13H2. The van der Waals surface area contributed by atoms with Crippen molar-refractivity contribution in [2.75, 3.05) is 6.61 Å². The van der Waals surface area contributed by atoms with Gasteiger partial charge in [-0.05, 0) is 36.8 Å². The lowest BCUT2D eigenvalue weighted by Gasteiger charge is -2.12. The molecule has 0 spiro atoms. The van der Waals surface area contributed by atoms with E-state index in [-0.39, 0.29) is 6.04 Å². The summed E-state index contributed by atoms with van der Waals surface area (Å²) >= 11 is 1.82. The Morgan fingerprint density at radius 1 is 1.53 bits per heavy atom. The van der Waals surface area contributed by atoms with Gasteiger partial charge in [0.05, 0.1) is 12.6 Å². The van der Waals surface area contributed by atoms with Crippen LogP contribution in [0, 0.1) is 0 Å². The SMILES string of the molecule is NC(CCCc1cccs1)C1=CCCO1. The Labute approximate surface area is 94.7 Å². The van der Waals surface area contributed by atoms with Crippen LogP contribution in [0.4, 0.5) is 0 Å². The smallest absolute Gasteiger partial charge is 0.109 e. The molecule has 2 heterocycles. The lowest BCUT2D eigenvalue weighted by atomic mass is 10.1. The molecule has 0 saturated heterocycles. The molecule has 1 aliphatic rings. The van der Waals surface area contributed by atoms with Crippen molar-refractivity contribution in [2.45, 2.75) is 31.7 Å². The molecule has 0 amide bonds. The van der Waals surface area contributed by atoms with Crippen molar-refractivity contribution in [3.63, 3.8) is 0 Å². The van der Waals surface area contributed by atoms with Crippen LogP contribution in [-0.4, -0.2) is 12.6 Å². The Bertz CT molecular complexity index is 318. The van der Waals surface area contributed by atoms with Gasteiger partial charge in [-0.3, -0.25) is 0 Å². The fourth-order valence-corrected chi connectivity index (χ4v) is 2.54. The van der Waals surface area contributed by atoms with E-state index in [9.17, 15) is 0 Å². The van der Waals surface area contributed by atoms with Gasteiger partial charge in [0.2, 0.25) is 0 Å². The first-order valence-corrected chi connectivity index (χ1v) is 6.35. The van der Waals surface area contributed by atoms with Crippen LogP contribution in [0.2, 0.25) is 0 Å². The van der Waals surface area contributed by atoms with E-state index < -0.39 is 0 Å². The zero-order valence-corrected chi connectivity index (χ0v) is 9.63. The third kappa shape index (κ3) is 3.08. The highest BCUT2D eigenvalue weighted by Gasteiger charge is 2.13. The van der Waals surface area contributed by atoms with Crippen LogP contribution in [0.1, 0.15) is 24.1 Å². The van der Waals surface area contributed by atoms with E-state index >= 15 is 0 Å². The highest BCUT2D eigenvalue weighted by atomic mass is 32.1. The number of aryl methyl sites for hydroxylation is 1. The first-order chi connectivity index (χ1) is 7.36. The van der Waals surface area contributed by atoms with E-state index in [1.807, 2.05) is 11.3 Å². The number of nitrogens with two attached hydrogens (primary N) is 1. The second-order valence-electron chi connectivity index (χ2n) is 3.82. The van der Waals surface area contributed by atoms with Crippen molar-refractivity contribution in [1.82, 2.24) is 0 Å². The topological polar surface area (TPSA) is 35.2 Å². The zero-order valence-electron chi connectivity index (χ0n) is 8.82. The van der Waals surface area contributed by atoms with Crippen LogP contribution in [0.5, 0.6) is 0 Å². The second-order valence-corrected chi connectivity index (χ2v) is 4.85. The van der Waals surface area contributed by atoms with Crippen molar-refractivity contribution in [3.05, 3.63) is 34.2 Å². The summed E-state index contributed by atoms with van der Waals surface area (Å²) in [5, 5.41) is 2.12. The summed E-state index contributed by atoms with van der Waals surface area (Å²) in [7, 11) is 0. The van der Waals surface area contributed by atoms with Gasteiger partial charge in [-0.15, -0.1) is 11.3 Å². The Morgan fingerprint density at radius 3 is 3.13 bits per heavy atom. The number of rotatable bonds is 5. The molecule has 0 aromatic carbocycles. The molecule has 82 valence electrons. The molecule has 1 atom stereocenters. The van der Waals surface area contributed by atoms with Gasteiger partial charge < -0.3 is 10.5 Å². The van der Waals surface area contributed by atoms with Gasteiger partial charge in [-0.25, -0.2) is 0 Å². The van der Waals surface area contributed by atoms with Crippen LogP contribution in [-0.2, 0) is 11.2 Å². The molecule has 0 radical (unpaired) electrons. The number of hydrogen-bond acceptors (Lipinski definition) is 3. The van der Waals surface area contributed by atoms with Crippen LogP contribution < -0.4 is 5.73 Å². The highest BCUT2D eigenvalue weighted by Crippen LogP contribution is 2.17. The van der Waals surface area contributed by atoms with Crippen molar-refractivity contribution in [2.24, 2.45) is 5.73 Å². The lowest BCUT2D eigenvalue weighted by Crippen LogP contribution is -2.23. The predicted octanol–water partition coefficient (Wildman–Crippen LogP) is 2.70. The fraction of sp³-hybridized carbons (Fsp3) is 0.500. The molecule has 3 heteroatoms. The largest absolute Gasteiger partial charge is 0.496 e. The summed E-state index contributed by atoms with van der Waals surface area (Å²) in [5.74, 6) is 1.00. The minimum atomic E-state index is 0.104. The highest BCUT2D eigenvalue weighted by molar-refractivity contribution is 7.09. The van der Waals surface area contributed by atoms with Gasteiger partial charge in [0, 0.05) is 11.3 Å². The van der Waals surface area contributed by atoms with Gasteiger partial charge in [0.1, 0.15) is 5.76 Å². The Kier molecular flexibility index (Phi) is 3.80. The summed E-state index contributed by atoms with van der Waals surface area (Å²) in [5.41, 5.74) is 6.03. The van der Waals surface area contributed by atoms with E-state index in [0.717, 1.165) is 38.0 Å². The van der Waals surface area contributed by atoms with Crippen LogP contribution in [0.25, 0.3) is 0 Å². The molecule has 1 unspecified atom stereocenters. The average Bonchev–Trinajstić information content (AvgIpc) is 2.90. The summed E-state index contributed by atoms with van der Waals surface area (Å²) in [6, 6.07) is 4.39. The van der Waals surface area contributed by atoms with E-state index in [0.29, 0.717) is 0 Å². The summed E-state index contributed by atoms with van der Waals surface area (Å²) in [6.45, 7) is 0.813. The molecule has 2 N–H and O–H groups in total. The molecular formula is C12H17NOS. The minimum absolute atomic E-state index is 0.104.